The predicted octanol–water partition coefficient (Wildman–Crippen LogP) is 2.65. The molecule has 0 radical (unpaired) electrons. The minimum absolute atomic E-state index is 0. The van der Waals surface area contributed by atoms with Crippen molar-refractivity contribution in [2.75, 3.05) is 39.9 Å². The number of nitrogens with one attached hydrogen (secondary N) is 2. The Morgan fingerprint density at radius 3 is 2.63 bits per heavy atom. The van der Waals surface area contributed by atoms with Crippen LogP contribution in [-0.2, 0) is 11.3 Å². The predicted molar refractivity (Wildman–Crippen MR) is 128 cm³/mol. The van der Waals surface area contributed by atoms with Crippen molar-refractivity contribution >= 4 is 29.9 Å². The van der Waals surface area contributed by atoms with Crippen LogP contribution in [0.1, 0.15) is 19.4 Å². The summed E-state index contributed by atoms with van der Waals surface area (Å²) in [5.74, 6) is 0.948. The van der Waals surface area contributed by atoms with Crippen molar-refractivity contribution in [2.24, 2.45) is 10.9 Å². The molecule has 0 saturated carbocycles. The Balaban J connectivity index is 0.00000320. The van der Waals surface area contributed by atoms with Gasteiger partial charge in [-0.25, -0.2) is 9.37 Å². The fourth-order valence-electron chi connectivity index (χ4n) is 3.57. The molecule has 7 nitrogen and oxygen atoms in total. The van der Waals surface area contributed by atoms with E-state index >= 15 is 0 Å². The molecule has 9 heteroatoms. The van der Waals surface area contributed by atoms with Crippen LogP contribution in [0, 0.1) is 11.7 Å². The van der Waals surface area contributed by atoms with E-state index in [0.717, 1.165) is 38.4 Å². The highest BCUT2D eigenvalue weighted by molar-refractivity contribution is 14.0. The van der Waals surface area contributed by atoms with Crippen molar-refractivity contribution in [3.8, 4) is 5.69 Å². The molecule has 1 aliphatic heterocycles. The van der Waals surface area contributed by atoms with E-state index in [0.29, 0.717) is 30.2 Å². The lowest BCUT2D eigenvalue weighted by molar-refractivity contribution is 0.00752. The molecule has 1 atom stereocenters. The average Bonchev–Trinajstić information content (AvgIpc) is 3.25. The Hall–Kier alpha value is -1.72. The van der Waals surface area contributed by atoms with Crippen molar-refractivity contribution < 1.29 is 9.13 Å². The molecule has 1 fully saturated rings. The van der Waals surface area contributed by atoms with E-state index in [-0.39, 0.29) is 29.8 Å². The van der Waals surface area contributed by atoms with E-state index < -0.39 is 0 Å². The minimum atomic E-state index is -0.280. The van der Waals surface area contributed by atoms with Gasteiger partial charge in [-0.2, -0.15) is 0 Å². The van der Waals surface area contributed by atoms with Crippen LogP contribution in [0.5, 0.6) is 0 Å². The van der Waals surface area contributed by atoms with Crippen LogP contribution in [0.3, 0.4) is 0 Å². The summed E-state index contributed by atoms with van der Waals surface area (Å²) in [5.41, 5.74) is 1.34. The number of ether oxygens (including phenoxy) is 1. The van der Waals surface area contributed by atoms with E-state index in [9.17, 15) is 4.39 Å². The van der Waals surface area contributed by atoms with Crippen molar-refractivity contribution in [3.63, 3.8) is 0 Å². The molecule has 3 rings (SSSR count). The van der Waals surface area contributed by atoms with Gasteiger partial charge < -0.3 is 19.9 Å². The maximum absolute atomic E-state index is 14.4. The van der Waals surface area contributed by atoms with Gasteiger partial charge in [0.1, 0.15) is 5.82 Å². The van der Waals surface area contributed by atoms with Crippen LogP contribution >= 0.6 is 24.0 Å². The number of rotatable bonds is 7. The summed E-state index contributed by atoms with van der Waals surface area (Å²) in [5, 5.41) is 6.69. The lowest BCUT2D eigenvalue weighted by Gasteiger charge is -2.37. The first-order chi connectivity index (χ1) is 14.1. The van der Waals surface area contributed by atoms with Crippen LogP contribution < -0.4 is 10.6 Å². The summed E-state index contributed by atoms with van der Waals surface area (Å²) in [6.07, 6.45) is 4.94. The number of guanidine groups is 1. The van der Waals surface area contributed by atoms with Gasteiger partial charge in [0, 0.05) is 51.7 Å². The molecule has 0 bridgehead atoms. The smallest absolute Gasteiger partial charge is 0.191 e. The SMILES string of the molecule is CN=C(NCc1ccc(-n2ccnc2)c(F)c1)NCC(C(C)C)N1CCOCC1.I. The van der Waals surface area contributed by atoms with Crippen molar-refractivity contribution in [1.82, 2.24) is 25.1 Å². The zero-order chi connectivity index (χ0) is 20.6. The summed E-state index contributed by atoms with van der Waals surface area (Å²) in [6.45, 7) is 9.26. The van der Waals surface area contributed by atoms with E-state index in [2.05, 4.69) is 39.4 Å². The lowest BCUT2D eigenvalue weighted by Crippen LogP contribution is -2.52. The van der Waals surface area contributed by atoms with Gasteiger partial charge in [-0.15, -0.1) is 24.0 Å². The monoisotopic (exact) mass is 530 g/mol. The fraction of sp³-hybridized carbons (Fsp3) is 0.524. The highest BCUT2D eigenvalue weighted by atomic mass is 127. The number of morpholine rings is 1. The second kappa shape index (κ2) is 12.2. The minimum Gasteiger partial charge on any atom is -0.379 e. The molecular weight excluding hydrogens is 498 g/mol. The number of imidazole rings is 1. The highest BCUT2D eigenvalue weighted by Crippen LogP contribution is 2.15. The quantitative estimate of drug-likeness (QED) is 0.328. The Bertz CT molecular complexity index is 793. The number of aliphatic imine (C=N–C) groups is 1. The fourth-order valence-corrected chi connectivity index (χ4v) is 3.57. The van der Waals surface area contributed by atoms with Crippen LogP contribution in [0.25, 0.3) is 5.69 Å². The van der Waals surface area contributed by atoms with E-state index in [4.69, 9.17) is 4.74 Å². The Kier molecular flexibility index (Phi) is 9.99. The normalized spacial score (nSPS) is 16.2. The number of nitrogens with zero attached hydrogens (tertiary/aromatic N) is 4. The third-order valence-corrected chi connectivity index (χ3v) is 5.24. The highest BCUT2D eigenvalue weighted by Gasteiger charge is 2.23. The summed E-state index contributed by atoms with van der Waals surface area (Å²) in [7, 11) is 1.75. The van der Waals surface area contributed by atoms with Gasteiger partial charge in [0.05, 0.1) is 25.2 Å². The molecule has 1 saturated heterocycles. The van der Waals surface area contributed by atoms with Gasteiger partial charge in [-0.1, -0.05) is 19.9 Å². The second-order valence-corrected chi connectivity index (χ2v) is 7.52. The maximum atomic E-state index is 14.4. The molecule has 1 aromatic carbocycles. The Labute approximate surface area is 195 Å². The third kappa shape index (κ3) is 6.64. The number of hydrogen-bond acceptors (Lipinski definition) is 4. The van der Waals surface area contributed by atoms with Crippen molar-refractivity contribution in [3.05, 3.63) is 48.3 Å². The summed E-state index contributed by atoms with van der Waals surface area (Å²) in [4.78, 5) is 10.7. The van der Waals surface area contributed by atoms with E-state index in [1.807, 2.05) is 6.07 Å². The first-order valence-electron chi connectivity index (χ1n) is 10.1. The van der Waals surface area contributed by atoms with Gasteiger partial charge in [0.2, 0.25) is 0 Å². The molecule has 1 aromatic heterocycles. The number of hydrogen-bond donors (Lipinski definition) is 2. The molecule has 30 heavy (non-hydrogen) atoms. The zero-order valence-corrected chi connectivity index (χ0v) is 20.2. The van der Waals surface area contributed by atoms with Gasteiger partial charge in [-0.05, 0) is 23.6 Å². The molecule has 0 amide bonds. The number of aromatic nitrogens is 2. The summed E-state index contributed by atoms with van der Waals surface area (Å²) >= 11 is 0. The van der Waals surface area contributed by atoms with Gasteiger partial charge in [0.25, 0.3) is 0 Å². The van der Waals surface area contributed by atoms with E-state index in [1.54, 1.807) is 42.5 Å². The standard InChI is InChI=1S/C21H31FN6O.HI/c1-16(2)20(27-8-10-29-11-9-27)14-26-21(23-3)25-13-17-4-5-19(18(22)12-17)28-7-6-24-15-28;/h4-7,12,15-16,20H,8-11,13-14H2,1-3H3,(H2,23,25,26);1H. The topological polar surface area (TPSA) is 66.7 Å². The van der Waals surface area contributed by atoms with Crippen LogP contribution in [-0.4, -0.2) is 66.3 Å². The molecule has 2 aromatic rings. The molecule has 166 valence electrons. The average molecular weight is 530 g/mol. The van der Waals surface area contributed by atoms with Crippen LogP contribution in [0.2, 0.25) is 0 Å². The Morgan fingerprint density at radius 2 is 2.03 bits per heavy atom. The van der Waals surface area contributed by atoms with E-state index in [1.165, 1.54) is 0 Å². The maximum Gasteiger partial charge on any atom is 0.191 e. The summed E-state index contributed by atoms with van der Waals surface area (Å²) < 4.78 is 21.6. The summed E-state index contributed by atoms with van der Waals surface area (Å²) in [6, 6.07) is 5.62. The number of benzene rings is 1. The molecule has 0 spiro atoms. The number of halogens is 2. The largest absolute Gasteiger partial charge is 0.379 e. The molecule has 1 unspecified atom stereocenters. The third-order valence-electron chi connectivity index (χ3n) is 5.24. The van der Waals surface area contributed by atoms with Gasteiger partial charge in [0.15, 0.2) is 5.96 Å². The lowest BCUT2D eigenvalue weighted by atomic mass is 10.0. The Morgan fingerprint density at radius 1 is 1.27 bits per heavy atom. The van der Waals surface area contributed by atoms with Gasteiger partial charge in [-0.3, -0.25) is 9.89 Å². The molecule has 2 heterocycles. The second-order valence-electron chi connectivity index (χ2n) is 7.52. The molecule has 2 N–H and O–H groups in total. The van der Waals surface area contributed by atoms with Crippen LogP contribution in [0.15, 0.2) is 41.9 Å². The van der Waals surface area contributed by atoms with Crippen molar-refractivity contribution in [2.45, 2.75) is 26.4 Å². The molecule has 0 aliphatic carbocycles. The zero-order valence-electron chi connectivity index (χ0n) is 17.8. The first kappa shape index (κ1) is 24.5. The van der Waals surface area contributed by atoms with Gasteiger partial charge >= 0.3 is 0 Å². The first-order valence-corrected chi connectivity index (χ1v) is 10.1. The van der Waals surface area contributed by atoms with Crippen molar-refractivity contribution in [1.29, 1.82) is 0 Å². The molecular formula is C21H32FIN6O. The molecule has 1 aliphatic rings. The van der Waals surface area contributed by atoms with Crippen LogP contribution in [0.4, 0.5) is 4.39 Å².